The lowest BCUT2D eigenvalue weighted by molar-refractivity contribution is 1.30. The Labute approximate surface area is 117 Å². The van der Waals surface area contributed by atoms with Crippen molar-refractivity contribution in [1.29, 1.82) is 0 Å². The zero-order chi connectivity index (χ0) is 13.3. The van der Waals surface area contributed by atoms with Crippen molar-refractivity contribution in [2.45, 2.75) is 26.7 Å². The van der Waals surface area contributed by atoms with Crippen molar-refractivity contribution in [2.24, 2.45) is 0 Å². The molecule has 0 spiro atoms. The predicted molar refractivity (Wildman–Crippen MR) is 81.0 cm³/mol. The second-order valence-corrected chi connectivity index (χ2v) is 5.55. The van der Waals surface area contributed by atoms with E-state index in [1.54, 1.807) is 0 Å². The van der Waals surface area contributed by atoms with Gasteiger partial charge in [-0.15, -0.1) is 11.6 Å². The summed E-state index contributed by atoms with van der Waals surface area (Å²) in [7, 11) is 3.71. The predicted octanol–water partition coefficient (Wildman–Crippen LogP) is 3.81. The fourth-order valence-corrected chi connectivity index (χ4v) is 3.19. The van der Waals surface area contributed by atoms with Gasteiger partial charge >= 0.3 is 0 Å². The van der Waals surface area contributed by atoms with Crippen LogP contribution in [0.15, 0.2) is 30.3 Å². The van der Waals surface area contributed by atoms with Gasteiger partial charge in [0.15, 0.2) is 0 Å². The highest BCUT2D eigenvalue weighted by molar-refractivity contribution is 6.36. The smallest absolute Gasteiger partial charge is 0.0720 e. The van der Waals surface area contributed by atoms with E-state index in [2.05, 4.69) is 55.3 Å². The number of rotatable bonds is 2. The third-order valence-electron chi connectivity index (χ3n) is 3.22. The molecule has 91 valence electrons. The van der Waals surface area contributed by atoms with Crippen LogP contribution in [0.5, 0.6) is 0 Å². The van der Waals surface area contributed by atoms with Gasteiger partial charge in [0, 0.05) is 5.88 Å². The second kappa shape index (κ2) is 5.29. The van der Waals surface area contributed by atoms with Gasteiger partial charge in [-0.2, -0.15) is 0 Å². The molecule has 0 fully saturated rings. The molecular weight excluding hydrogens is 256 g/mol. The Morgan fingerprint density at radius 1 is 1.00 bits per heavy atom. The van der Waals surface area contributed by atoms with E-state index in [-0.39, 0.29) is 0 Å². The molecule has 0 amide bonds. The average molecular weight is 272 g/mol. The van der Waals surface area contributed by atoms with E-state index in [4.69, 9.17) is 11.6 Å². The SMILES string of the molecule is Cc1cc(C)c(-c2c([Si])cccc2CCl)c(C)c1. The van der Waals surface area contributed by atoms with Crippen molar-refractivity contribution in [2.75, 3.05) is 0 Å². The highest BCUT2D eigenvalue weighted by Crippen LogP contribution is 2.30. The largest absolute Gasteiger partial charge is 0.122 e. The minimum Gasteiger partial charge on any atom is -0.122 e. The highest BCUT2D eigenvalue weighted by atomic mass is 35.5. The average Bonchev–Trinajstić information content (AvgIpc) is 2.29. The number of alkyl halides is 1. The minimum absolute atomic E-state index is 0.528. The van der Waals surface area contributed by atoms with Crippen molar-refractivity contribution in [3.63, 3.8) is 0 Å². The molecule has 0 bridgehead atoms. The fourth-order valence-electron chi connectivity index (χ4n) is 2.58. The quantitative estimate of drug-likeness (QED) is 0.576. The molecule has 0 unspecified atom stereocenters. The molecule has 2 aromatic carbocycles. The Hall–Kier alpha value is -1.05. The topological polar surface area (TPSA) is 0 Å². The molecule has 0 saturated carbocycles. The van der Waals surface area contributed by atoms with Crippen LogP contribution in [0, 0.1) is 20.8 Å². The van der Waals surface area contributed by atoms with Crippen molar-refractivity contribution < 1.29 is 0 Å². The Kier molecular flexibility index (Phi) is 3.93. The molecule has 2 rings (SSSR count). The van der Waals surface area contributed by atoms with Crippen LogP contribution in [0.2, 0.25) is 0 Å². The number of hydrogen-bond acceptors (Lipinski definition) is 0. The van der Waals surface area contributed by atoms with Crippen LogP contribution in [-0.2, 0) is 5.88 Å². The van der Waals surface area contributed by atoms with Gasteiger partial charge < -0.3 is 0 Å². The van der Waals surface area contributed by atoms with Gasteiger partial charge in [-0.3, -0.25) is 0 Å². The van der Waals surface area contributed by atoms with Crippen LogP contribution in [-0.4, -0.2) is 10.2 Å². The van der Waals surface area contributed by atoms with E-state index in [1.165, 1.54) is 33.4 Å². The zero-order valence-corrected chi connectivity index (χ0v) is 12.7. The summed E-state index contributed by atoms with van der Waals surface area (Å²) >= 11 is 6.07. The van der Waals surface area contributed by atoms with Crippen LogP contribution in [0.4, 0.5) is 0 Å². The van der Waals surface area contributed by atoms with Crippen LogP contribution in [0.1, 0.15) is 22.3 Å². The van der Waals surface area contributed by atoms with Crippen LogP contribution in [0.3, 0.4) is 0 Å². The van der Waals surface area contributed by atoms with E-state index in [0.717, 1.165) is 5.19 Å². The first kappa shape index (κ1) is 13.4. The molecule has 0 aliphatic heterocycles. The standard InChI is InChI=1S/C16H16ClSi/c1-10-7-11(2)15(12(3)8-10)16-13(9-17)5-4-6-14(16)18/h4-8H,9H2,1-3H3. The molecule has 0 N–H and O–H groups in total. The molecular formula is C16H16ClSi. The van der Waals surface area contributed by atoms with E-state index < -0.39 is 0 Å². The first-order chi connectivity index (χ1) is 8.54. The maximum atomic E-state index is 6.07. The summed E-state index contributed by atoms with van der Waals surface area (Å²) in [5.41, 5.74) is 7.57. The summed E-state index contributed by atoms with van der Waals surface area (Å²) in [6, 6.07) is 10.6. The van der Waals surface area contributed by atoms with Gasteiger partial charge in [-0.05, 0) is 48.6 Å². The van der Waals surface area contributed by atoms with E-state index >= 15 is 0 Å². The van der Waals surface area contributed by atoms with Crippen molar-refractivity contribution >= 4 is 27.0 Å². The van der Waals surface area contributed by atoms with Crippen molar-refractivity contribution in [3.8, 4) is 11.1 Å². The number of hydrogen-bond donors (Lipinski definition) is 0. The van der Waals surface area contributed by atoms with Crippen LogP contribution >= 0.6 is 11.6 Å². The summed E-state index contributed by atoms with van der Waals surface area (Å²) in [5, 5.41) is 1.10. The van der Waals surface area contributed by atoms with Crippen molar-refractivity contribution in [3.05, 3.63) is 52.6 Å². The molecule has 0 aromatic heterocycles. The molecule has 0 saturated heterocycles. The number of aryl methyl sites for hydroxylation is 3. The van der Waals surface area contributed by atoms with Crippen LogP contribution in [0.25, 0.3) is 11.1 Å². The highest BCUT2D eigenvalue weighted by Gasteiger charge is 2.12. The molecule has 0 heterocycles. The summed E-state index contributed by atoms with van der Waals surface area (Å²) in [5.74, 6) is 0.528. The Morgan fingerprint density at radius 3 is 2.17 bits per heavy atom. The van der Waals surface area contributed by atoms with Gasteiger partial charge in [0.05, 0.1) is 10.2 Å². The molecule has 0 nitrogen and oxygen atoms in total. The molecule has 0 atom stereocenters. The summed E-state index contributed by atoms with van der Waals surface area (Å²) in [6.45, 7) is 6.45. The molecule has 2 aromatic rings. The lowest BCUT2D eigenvalue weighted by Crippen LogP contribution is -2.10. The van der Waals surface area contributed by atoms with Gasteiger partial charge in [0.2, 0.25) is 0 Å². The first-order valence-electron chi connectivity index (χ1n) is 6.02. The Balaban J connectivity index is 2.77. The second-order valence-electron chi connectivity index (χ2n) is 4.75. The van der Waals surface area contributed by atoms with Crippen LogP contribution < -0.4 is 5.19 Å². The van der Waals surface area contributed by atoms with Gasteiger partial charge in [-0.25, -0.2) is 0 Å². The maximum absolute atomic E-state index is 6.07. The van der Waals surface area contributed by atoms with Gasteiger partial charge in [0.25, 0.3) is 0 Å². The summed E-state index contributed by atoms with van der Waals surface area (Å²) in [6.07, 6.45) is 0. The molecule has 3 radical (unpaired) electrons. The first-order valence-corrected chi connectivity index (χ1v) is 7.05. The van der Waals surface area contributed by atoms with E-state index in [0.29, 0.717) is 5.88 Å². The zero-order valence-electron chi connectivity index (χ0n) is 11.0. The lowest BCUT2D eigenvalue weighted by Gasteiger charge is -2.17. The normalized spacial score (nSPS) is 10.7. The molecule has 18 heavy (non-hydrogen) atoms. The molecule has 0 aliphatic carbocycles. The Morgan fingerprint density at radius 2 is 1.61 bits per heavy atom. The van der Waals surface area contributed by atoms with E-state index in [1.807, 2.05) is 6.07 Å². The monoisotopic (exact) mass is 271 g/mol. The molecule has 2 heteroatoms. The van der Waals surface area contributed by atoms with Gasteiger partial charge in [-0.1, -0.05) is 41.1 Å². The third kappa shape index (κ3) is 2.38. The Bertz CT molecular complexity index is 565. The summed E-state index contributed by atoms with van der Waals surface area (Å²) in [4.78, 5) is 0. The molecule has 0 aliphatic rings. The minimum atomic E-state index is 0.528. The lowest BCUT2D eigenvalue weighted by atomic mass is 9.91. The maximum Gasteiger partial charge on any atom is 0.0720 e. The summed E-state index contributed by atoms with van der Waals surface area (Å²) < 4.78 is 0. The van der Waals surface area contributed by atoms with Gasteiger partial charge in [0.1, 0.15) is 0 Å². The number of halogens is 1. The number of benzene rings is 2. The van der Waals surface area contributed by atoms with Crippen molar-refractivity contribution in [1.82, 2.24) is 0 Å². The van der Waals surface area contributed by atoms with E-state index in [9.17, 15) is 0 Å². The fraction of sp³-hybridized carbons (Fsp3) is 0.250. The third-order valence-corrected chi connectivity index (χ3v) is 3.93.